The second-order valence-corrected chi connectivity index (χ2v) is 12.5. The number of aliphatic hydroxyl groups is 1. The van der Waals surface area contributed by atoms with Gasteiger partial charge in [0.15, 0.2) is 0 Å². The summed E-state index contributed by atoms with van der Waals surface area (Å²) in [4.78, 5) is 12.5. The van der Waals surface area contributed by atoms with Crippen LogP contribution in [0.4, 0.5) is 4.79 Å². The minimum absolute atomic E-state index is 0.189. The third kappa shape index (κ3) is 3.99. The first-order valence-corrected chi connectivity index (χ1v) is 10.1. The molecule has 21 heavy (non-hydrogen) atoms. The van der Waals surface area contributed by atoms with Crippen LogP contribution in [0.2, 0.25) is 16.6 Å². The Morgan fingerprint density at radius 3 is 1.95 bits per heavy atom. The number of rotatable bonds is 5. The second kappa shape index (κ2) is 7.11. The molecule has 1 saturated heterocycles. The first kappa shape index (κ1) is 18.5. The number of nitrogens with zero attached hydrogens (tertiary/aromatic N) is 1. The van der Waals surface area contributed by atoms with Gasteiger partial charge in [-0.05, 0) is 16.6 Å². The molecule has 6 heteroatoms. The van der Waals surface area contributed by atoms with Crippen molar-refractivity contribution in [3.8, 4) is 0 Å². The van der Waals surface area contributed by atoms with Crippen LogP contribution < -0.4 is 0 Å². The second-order valence-electron chi connectivity index (χ2n) is 7.13. The van der Waals surface area contributed by atoms with E-state index in [0.717, 1.165) is 0 Å². The molecule has 0 aromatic carbocycles. The Bertz CT molecular complexity index is 338. The van der Waals surface area contributed by atoms with Gasteiger partial charge in [-0.1, -0.05) is 41.5 Å². The zero-order chi connectivity index (χ0) is 16.4. The number of carbonyl (C=O) groups is 1. The average Bonchev–Trinajstić information content (AvgIpc) is 2.33. The highest BCUT2D eigenvalue weighted by molar-refractivity contribution is 6.77. The van der Waals surface area contributed by atoms with Gasteiger partial charge >= 0.3 is 6.09 Å². The van der Waals surface area contributed by atoms with Crippen LogP contribution in [0.3, 0.4) is 0 Å². The summed E-state index contributed by atoms with van der Waals surface area (Å²) in [7, 11) is -2.04. The number of piperidine rings is 1. The van der Waals surface area contributed by atoms with Crippen LogP contribution in [0.15, 0.2) is 0 Å². The molecule has 2 unspecified atom stereocenters. The summed E-state index contributed by atoms with van der Waals surface area (Å²) in [5.41, 5.74) is 1.36. The molecule has 2 N–H and O–H groups in total. The molecule has 1 heterocycles. The lowest BCUT2D eigenvalue weighted by atomic mass is 10.1. The van der Waals surface area contributed by atoms with Gasteiger partial charge in [0.2, 0.25) is 8.32 Å². The van der Waals surface area contributed by atoms with Crippen LogP contribution in [-0.4, -0.2) is 54.8 Å². The van der Waals surface area contributed by atoms with Crippen molar-refractivity contribution in [2.75, 3.05) is 13.1 Å². The van der Waals surface area contributed by atoms with E-state index in [9.17, 15) is 15.0 Å². The smallest absolute Gasteiger partial charge is 0.407 e. The molecule has 1 aliphatic rings. The molecule has 0 aromatic rings. The fraction of sp³-hybridized carbons (Fsp3) is 0.933. The van der Waals surface area contributed by atoms with Crippen LogP contribution in [-0.2, 0) is 4.43 Å². The molecule has 1 aliphatic heterocycles. The van der Waals surface area contributed by atoms with E-state index >= 15 is 0 Å². The van der Waals surface area contributed by atoms with E-state index in [4.69, 9.17) is 4.43 Å². The van der Waals surface area contributed by atoms with Crippen molar-refractivity contribution >= 4 is 14.4 Å². The van der Waals surface area contributed by atoms with Gasteiger partial charge in [0.1, 0.15) is 0 Å². The fourth-order valence-corrected chi connectivity index (χ4v) is 9.53. The predicted molar refractivity (Wildman–Crippen MR) is 86.1 cm³/mol. The standard InChI is InChI=1S/C15H31NO4Si/c1-10(2)21(11(3)4,12(5)6)20-14-7-13(17)8-16(9-14)15(18)19/h10-14,17H,7-9H2,1-6H3,(H,18,19). The zero-order valence-corrected chi connectivity index (χ0v) is 15.2. The number of amides is 1. The largest absolute Gasteiger partial charge is 0.465 e. The Morgan fingerprint density at radius 2 is 1.57 bits per heavy atom. The van der Waals surface area contributed by atoms with E-state index in [1.54, 1.807) is 0 Å². The summed E-state index contributed by atoms with van der Waals surface area (Å²) in [5, 5.41) is 19.1. The van der Waals surface area contributed by atoms with Crippen LogP contribution in [0.1, 0.15) is 48.0 Å². The summed E-state index contributed by atoms with van der Waals surface area (Å²) in [6.07, 6.45) is -1.26. The highest BCUT2D eigenvalue weighted by atomic mass is 28.4. The van der Waals surface area contributed by atoms with Gasteiger partial charge < -0.3 is 19.5 Å². The number of carboxylic acid groups (broad SMARTS) is 1. The Hall–Kier alpha value is -0.593. The quantitative estimate of drug-likeness (QED) is 0.763. The lowest BCUT2D eigenvalue weighted by Crippen LogP contribution is -2.56. The summed E-state index contributed by atoms with van der Waals surface area (Å²) in [6, 6.07) is 0. The minimum atomic E-state index is -2.04. The number of likely N-dealkylation sites (tertiary alicyclic amines) is 1. The molecule has 0 bridgehead atoms. The van der Waals surface area contributed by atoms with E-state index in [1.165, 1.54) is 4.90 Å². The fourth-order valence-electron chi connectivity index (χ4n) is 3.97. The first-order chi connectivity index (χ1) is 9.61. The van der Waals surface area contributed by atoms with Gasteiger partial charge in [0.05, 0.1) is 18.8 Å². The van der Waals surface area contributed by atoms with Crippen molar-refractivity contribution < 1.29 is 19.4 Å². The molecular formula is C15H31NO4Si. The number of aliphatic hydroxyl groups excluding tert-OH is 1. The molecule has 5 nitrogen and oxygen atoms in total. The molecule has 1 rings (SSSR count). The first-order valence-electron chi connectivity index (χ1n) is 7.94. The van der Waals surface area contributed by atoms with E-state index in [2.05, 4.69) is 41.5 Å². The minimum Gasteiger partial charge on any atom is -0.465 e. The Labute approximate surface area is 129 Å². The van der Waals surface area contributed by atoms with Gasteiger partial charge in [0, 0.05) is 13.0 Å². The SMILES string of the molecule is CC(C)[Si](OC1CC(O)CN(C(=O)O)C1)(C(C)C)C(C)C. The molecule has 0 radical (unpaired) electrons. The lowest BCUT2D eigenvalue weighted by molar-refractivity contribution is 0.00102. The van der Waals surface area contributed by atoms with E-state index in [1.807, 2.05) is 0 Å². The maximum absolute atomic E-state index is 11.2. The molecule has 1 fully saturated rings. The van der Waals surface area contributed by atoms with Crippen molar-refractivity contribution in [3.63, 3.8) is 0 Å². The van der Waals surface area contributed by atoms with Gasteiger partial charge in [-0.3, -0.25) is 0 Å². The van der Waals surface area contributed by atoms with Crippen LogP contribution in [0.25, 0.3) is 0 Å². The van der Waals surface area contributed by atoms with Crippen molar-refractivity contribution in [1.82, 2.24) is 4.90 Å². The normalized spacial score (nSPS) is 24.2. The Balaban J connectivity index is 2.95. The van der Waals surface area contributed by atoms with Crippen molar-refractivity contribution in [2.45, 2.75) is 76.8 Å². The van der Waals surface area contributed by atoms with Crippen LogP contribution in [0.5, 0.6) is 0 Å². The molecule has 0 saturated carbocycles. The third-order valence-corrected chi connectivity index (χ3v) is 10.9. The maximum Gasteiger partial charge on any atom is 0.407 e. The summed E-state index contributed by atoms with van der Waals surface area (Å²) in [5.74, 6) is 0. The lowest BCUT2D eigenvalue weighted by Gasteiger charge is -2.46. The number of hydrogen-bond donors (Lipinski definition) is 2. The summed E-state index contributed by atoms with van der Waals surface area (Å²) < 4.78 is 6.59. The highest BCUT2D eigenvalue weighted by Crippen LogP contribution is 2.43. The van der Waals surface area contributed by atoms with Crippen LogP contribution in [0, 0.1) is 0 Å². The van der Waals surface area contributed by atoms with E-state index in [-0.39, 0.29) is 12.6 Å². The van der Waals surface area contributed by atoms with Crippen molar-refractivity contribution in [1.29, 1.82) is 0 Å². The number of hydrogen-bond acceptors (Lipinski definition) is 3. The molecule has 2 atom stereocenters. The summed E-state index contributed by atoms with van der Waals surface area (Å²) >= 11 is 0. The summed E-state index contributed by atoms with van der Waals surface area (Å²) in [6.45, 7) is 13.8. The Morgan fingerprint density at radius 1 is 1.10 bits per heavy atom. The number of β-amino-alcohol motifs (C(OH)–C–C–N with tert-alkyl or cyclic N) is 1. The molecule has 124 valence electrons. The molecule has 1 amide bonds. The maximum atomic E-state index is 11.2. The topological polar surface area (TPSA) is 70.0 Å². The van der Waals surface area contributed by atoms with Crippen molar-refractivity contribution in [2.24, 2.45) is 0 Å². The van der Waals surface area contributed by atoms with E-state index < -0.39 is 20.5 Å². The average molecular weight is 318 g/mol. The molecule has 0 spiro atoms. The molecule has 0 aliphatic carbocycles. The highest BCUT2D eigenvalue weighted by Gasteiger charge is 2.47. The predicted octanol–water partition coefficient (Wildman–Crippen LogP) is 3.29. The third-order valence-electron chi connectivity index (χ3n) is 4.74. The Kier molecular flexibility index (Phi) is 6.25. The monoisotopic (exact) mass is 317 g/mol. The van der Waals surface area contributed by atoms with Crippen molar-refractivity contribution in [3.05, 3.63) is 0 Å². The van der Waals surface area contributed by atoms with E-state index in [0.29, 0.717) is 29.6 Å². The van der Waals surface area contributed by atoms with Crippen LogP contribution >= 0.6 is 0 Å². The van der Waals surface area contributed by atoms with Gasteiger partial charge in [0.25, 0.3) is 0 Å². The molecule has 0 aromatic heterocycles. The van der Waals surface area contributed by atoms with Gasteiger partial charge in [-0.25, -0.2) is 4.79 Å². The van der Waals surface area contributed by atoms with Gasteiger partial charge in [-0.2, -0.15) is 0 Å². The molecular weight excluding hydrogens is 286 g/mol. The zero-order valence-electron chi connectivity index (χ0n) is 14.2. The van der Waals surface area contributed by atoms with Gasteiger partial charge in [-0.15, -0.1) is 0 Å².